The summed E-state index contributed by atoms with van der Waals surface area (Å²) in [5, 5.41) is 3.38. The molecule has 1 aliphatic rings. The number of ether oxygens (including phenoxy) is 1. The molecule has 3 rings (SSSR count). The third-order valence-electron chi connectivity index (χ3n) is 3.86. The number of nitrogens with zero attached hydrogens (tertiary/aromatic N) is 2. The molecule has 0 saturated carbocycles. The number of methoxy groups -OCH3 is 1. The summed E-state index contributed by atoms with van der Waals surface area (Å²) in [4.78, 5) is 9.49. The largest absolute Gasteiger partial charge is 0.496 e. The zero-order valence-electron chi connectivity index (χ0n) is 12.6. The van der Waals surface area contributed by atoms with Gasteiger partial charge in [-0.05, 0) is 32.3 Å². The Morgan fingerprint density at radius 2 is 2.05 bits per heavy atom. The maximum absolute atomic E-state index is 5.42. The average Bonchev–Trinajstić information content (AvgIpc) is 2.97. The van der Waals surface area contributed by atoms with Gasteiger partial charge in [0.2, 0.25) is 0 Å². The highest BCUT2D eigenvalue weighted by Gasteiger charge is 2.19. The van der Waals surface area contributed by atoms with Gasteiger partial charge >= 0.3 is 0 Å². The number of nitrogens with one attached hydrogen (secondary N) is 1. The van der Waals surface area contributed by atoms with E-state index in [0.717, 1.165) is 42.3 Å². The molecule has 0 bridgehead atoms. The van der Waals surface area contributed by atoms with Crippen LogP contribution in [0.5, 0.6) is 5.75 Å². The van der Waals surface area contributed by atoms with Crippen LogP contribution in [-0.4, -0.2) is 23.6 Å². The summed E-state index contributed by atoms with van der Waals surface area (Å²) in [6, 6.07) is 8.06. The van der Waals surface area contributed by atoms with Crippen molar-refractivity contribution in [3.05, 3.63) is 46.9 Å². The van der Waals surface area contributed by atoms with E-state index in [9.17, 15) is 0 Å². The van der Waals surface area contributed by atoms with E-state index >= 15 is 0 Å². The van der Waals surface area contributed by atoms with Crippen molar-refractivity contribution < 1.29 is 4.74 Å². The SMILES string of the molecule is CCNc1nc(Cc2ccccc2OC)nc2c1CCC2. The fraction of sp³-hybridized carbons (Fsp3) is 0.412. The average molecular weight is 283 g/mol. The quantitative estimate of drug-likeness (QED) is 0.916. The maximum Gasteiger partial charge on any atom is 0.135 e. The molecular formula is C17H21N3O. The predicted molar refractivity (Wildman–Crippen MR) is 84.0 cm³/mol. The van der Waals surface area contributed by atoms with Crippen LogP contribution in [0.4, 0.5) is 5.82 Å². The first-order valence-electron chi connectivity index (χ1n) is 7.56. The summed E-state index contributed by atoms with van der Waals surface area (Å²) in [6.07, 6.45) is 4.04. The number of anilines is 1. The van der Waals surface area contributed by atoms with Gasteiger partial charge in [0.05, 0.1) is 7.11 Å². The molecule has 1 heterocycles. The molecule has 1 N–H and O–H groups in total. The third-order valence-corrected chi connectivity index (χ3v) is 3.86. The van der Waals surface area contributed by atoms with Crippen molar-refractivity contribution in [3.8, 4) is 5.75 Å². The Morgan fingerprint density at radius 3 is 2.86 bits per heavy atom. The molecule has 0 atom stereocenters. The standard InChI is InChI=1S/C17H21N3O/c1-3-18-17-13-8-6-9-14(13)19-16(20-17)11-12-7-4-5-10-15(12)21-2/h4-5,7,10H,3,6,8-9,11H2,1-2H3,(H,18,19,20). The summed E-state index contributed by atoms with van der Waals surface area (Å²) in [7, 11) is 1.70. The van der Waals surface area contributed by atoms with Crippen molar-refractivity contribution in [2.24, 2.45) is 0 Å². The van der Waals surface area contributed by atoms with Crippen molar-refractivity contribution in [2.45, 2.75) is 32.6 Å². The molecule has 0 saturated heterocycles. The van der Waals surface area contributed by atoms with Gasteiger partial charge in [0.1, 0.15) is 17.4 Å². The van der Waals surface area contributed by atoms with Crippen molar-refractivity contribution in [3.63, 3.8) is 0 Å². The molecule has 0 radical (unpaired) electrons. The molecule has 4 heteroatoms. The van der Waals surface area contributed by atoms with Crippen molar-refractivity contribution in [1.29, 1.82) is 0 Å². The zero-order valence-corrected chi connectivity index (χ0v) is 12.6. The van der Waals surface area contributed by atoms with E-state index in [1.165, 1.54) is 17.7 Å². The van der Waals surface area contributed by atoms with Crippen molar-refractivity contribution >= 4 is 5.82 Å². The zero-order chi connectivity index (χ0) is 14.7. The molecule has 1 aliphatic carbocycles. The van der Waals surface area contributed by atoms with Gasteiger partial charge in [-0.2, -0.15) is 0 Å². The Morgan fingerprint density at radius 1 is 1.19 bits per heavy atom. The second-order valence-corrected chi connectivity index (χ2v) is 5.29. The van der Waals surface area contributed by atoms with E-state index in [0.29, 0.717) is 6.42 Å². The molecule has 21 heavy (non-hydrogen) atoms. The van der Waals surface area contributed by atoms with Crippen LogP contribution < -0.4 is 10.1 Å². The second kappa shape index (κ2) is 6.12. The van der Waals surface area contributed by atoms with E-state index in [2.05, 4.69) is 18.3 Å². The highest BCUT2D eigenvalue weighted by atomic mass is 16.5. The molecule has 1 aromatic carbocycles. The Hall–Kier alpha value is -2.10. The summed E-state index contributed by atoms with van der Waals surface area (Å²) in [5.74, 6) is 2.78. The lowest BCUT2D eigenvalue weighted by Crippen LogP contribution is -2.09. The number of aryl methyl sites for hydroxylation is 1. The molecule has 4 nitrogen and oxygen atoms in total. The second-order valence-electron chi connectivity index (χ2n) is 5.29. The predicted octanol–water partition coefficient (Wildman–Crippen LogP) is 3.00. The first-order chi connectivity index (χ1) is 10.3. The summed E-state index contributed by atoms with van der Waals surface area (Å²) in [5.41, 5.74) is 3.65. The number of hydrogen-bond acceptors (Lipinski definition) is 4. The van der Waals surface area contributed by atoms with Crippen molar-refractivity contribution in [1.82, 2.24) is 9.97 Å². The van der Waals surface area contributed by atoms with Gasteiger partial charge in [-0.1, -0.05) is 18.2 Å². The van der Waals surface area contributed by atoms with Gasteiger partial charge in [0.15, 0.2) is 0 Å². The molecule has 110 valence electrons. The van der Waals surface area contributed by atoms with Crippen LogP contribution in [0.1, 0.15) is 36.0 Å². The van der Waals surface area contributed by atoms with E-state index in [1.54, 1.807) is 7.11 Å². The smallest absolute Gasteiger partial charge is 0.135 e. The van der Waals surface area contributed by atoms with Crippen LogP contribution in [0, 0.1) is 0 Å². The van der Waals surface area contributed by atoms with Crippen LogP contribution >= 0.6 is 0 Å². The van der Waals surface area contributed by atoms with Crippen LogP contribution in [0.25, 0.3) is 0 Å². The Balaban J connectivity index is 1.94. The fourth-order valence-corrected chi connectivity index (χ4v) is 2.90. The normalized spacial score (nSPS) is 13.0. The van der Waals surface area contributed by atoms with Crippen LogP contribution in [0.15, 0.2) is 24.3 Å². The minimum atomic E-state index is 0.704. The first kappa shape index (κ1) is 13.9. The Labute approximate surface area is 125 Å². The monoisotopic (exact) mass is 283 g/mol. The number of rotatable bonds is 5. The van der Waals surface area contributed by atoms with Gasteiger partial charge in [-0.15, -0.1) is 0 Å². The molecule has 0 spiro atoms. The lowest BCUT2D eigenvalue weighted by atomic mass is 10.1. The fourth-order valence-electron chi connectivity index (χ4n) is 2.90. The number of fused-ring (bicyclic) bond motifs is 1. The van der Waals surface area contributed by atoms with Gasteiger partial charge in [-0.25, -0.2) is 9.97 Å². The molecule has 0 amide bonds. The van der Waals surface area contributed by atoms with E-state index in [-0.39, 0.29) is 0 Å². The minimum absolute atomic E-state index is 0.704. The molecule has 0 unspecified atom stereocenters. The minimum Gasteiger partial charge on any atom is -0.496 e. The molecule has 0 fully saturated rings. The van der Waals surface area contributed by atoms with Crippen LogP contribution in [0.3, 0.4) is 0 Å². The first-order valence-corrected chi connectivity index (χ1v) is 7.56. The molecular weight excluding hydrogens is 262 g/mol. The maximum atomic E-state index is 5.42. The van der Waals surface area contributed by atoms with E-state index in [1.807, 2.05) is 18.2 Å². The third kappa shape index (κ3) is 2.84. The summed E-state index contributed by atoms with van der Waals surface area (Å²) in [6.45, 7) is 2.99. The number of benzene rings is 1. The van der Waals surface area contributed by atoms with E-state index in [4.69, 9.17) is 14.7 Å². The lowest BCUT2D eigenvalue weighted by Gasteiger charge is -2.12. The van der Waals surface area contributed by atoms with Gasteiger partial charge in [-0.3, -0.25) is 0 Å². The molecule has 2 aromatic rings. The van der Waals surface area contributed by atoms with E-state index < -0.39 is 0 Å². The topological polar surface area (TPSA) is 47.0 Å². The lowest BCUT2D eigenvalue weighted by molar-refractivity contribution is 0.410. The van der Waals surface area contributed by atoms with Crippen LogP contribution in [0.2, 0.25) is 0 Å². The molecule has 0 aliphatic heterocycles. The van der Waals surface area contributed by atoms with Crippen molar-refractivity contribution in [2.75, 3.05) is 19.0 Å². The Bertz CT molecular complexity index is 640. The number of para-hydroxylation sites is 1. The highest BCUT2D eigenvalue weighted by Crippen LogP contribution is 2.27. The van der Waals surface area contributed by atoms with Crippen LogP contribution in [-0.2, 0) is 19.3 Å². The van der Waals surface area contributed by atoms with Gasteiger partial charge in [0.25, 0.3) is 0 Å². The number of hydrogen-bond donors (Lipinski definition) is 1. The number of aromatic nitrogens is 2. The van der Waals surface area contributed by atoms with Gasteiger partial charge in [0, 0.05) is 29.8 Å². The molecule has 1 aromatic heterocycles. The summed E-state index contributed by atoms with van der Waals surface area (Å²) >= 11 is 0. The summed E-state index contributed by atoms with van der Waals surface area (Å²) < 4.78 is 5.42. The Kier molecular flexibility index (Phi) is 4.04. The highest BCUT2D eigenvalue weighted by molar-refractivity contribution is 5.49. The van der Waals surface area contributed by atoms with Gasteiger partial charge < -0.3 is 10.1 Å².